The van der Waals surface area contributed by atoms with Crippen molar-refractivity contribution >= 4 is 23.5 Å². The molecule has 0 aliphatic carbocycles. The maximum absolute atomic E-state index is 12.6. The van der Waals surface area contributed by atoms with Crippen molar-refractivity contribution in [1.82, 2.24) is 9.97 Å². The fraction of sp³-hybridized carbons (Fsp3) is 0.414. The summed E-state index contributed by atoms with van der Waals surface area (Å²) in [4.78, 5) is 24.9. The van der Waals surface area contributed by atoms with Crippen LogP contribution in [-0.2, 0) is 20.8 Å². The number of hydrogen-bond acceptors (Lipinski definition) is 7. The zero-order valence-electron chi connectivity index (χ0n) is 22.4. The first-order valence-corrected chi connectivity index (χ1v) is 12.9. The fourth-order valence-corrected chi connectivity index (χ4v) is 4.57. The molecule has 0 atom stereocenters. The molecular weight excluding hydrogens is 470 g/mol. The molecule has 0 unspecified atom stereocenters. The number of carbonyl (C=O) groups is 1. The highest BCUT2D eigenvalue weighted by molar-refractivity contribution is 8.01. The SMILES string of the molecule is COCCN(Cc1ccc(SC(C)(C)C(=O)OC(C)(C)C)cc1)c1cc(-c2cccc(C)c2)ncn1. The lowest BCUT2D eigenvalue weighted by atomic mass is 10.1. The number of hydrogen-bond donors (Lipinski definition) is 0. The molecule has 0 aliphatic heterocycles. The van der Waals surface area contributed by atoms with E-state index in [0.717, 1.165) is 27.5 Å². The first kappa shape index (κ1) is 27.7. The predicted octanol–water partition coefficient (Wildman–Crippen LogP) is 6.32. The highest BCUT2D eigenvalue weighted by atomic mass is 32.2. The number of ether oxygens (including phenoxy) is 2. The monoisotopic (exact) mass is 507 g/mol. The minimum absolute atomic E-state index is 0.219. The predicted molar refractivity (Wildman–Crippen MR) is 147 cm³/mol. The molecule has 2 aromatic carbocycles. The Balaban J connectivity index is 1.75. The van der Waals surface area contributed by atoms with Crippen LogP contribution in [0.15, 0.2) is 65.8 Å². The van der Waals surface area contributed by atoms with Gasteiger partial charge in [-0.05, 0) is 65.3 Å². The molecule has 3 aromatic rings. The van der Waals surface area contributed by atoms with Crippen LogP contribution in [0.3, 0.4) is 0 Å². The van der Waals surface area contributed by atoms with E-state index in [4.69, 9.17) is 9.47 Å². The number of carbonyl (C=O) groups excluding carboxylic acids is 1. The molecule has 0 bridgehead atoms. The molecule has 0 fully saturated rings. The summed E-state index contributed by atoms with van der Waals surface area (Å²) in [5, 5.41) is 0. The van der Waals surface area contributed by atoms with Crippen LogP contribution >= 0.6 is 11.8 Å². The number of aromatic nitrogens is 2. The summed E-state index contributed by atoms with van der Waals surface area (Å²) in [5.74, 6) is 0.631. The minimum atomic E-state index is -0.688. The summed E-state index contributed by atoms with van der Waals surface area (Å²) in [7, 11) is 1.70. The van der Waals surface area contributed by atoms with Crippen molar-refractivity contribution in [2.75, 3.05) is 25.2 Å². The molecule has 192 valence electrons. The smallest absolute Gasteiger partial charge is 0.322 e. The van der Waals surface area contributed by atoms with E-state index in [0.29, 0.717) is 19.7 Å². The van der Waals surface area contributed by atoms with Crippen molar-refractivity contribution in [3.05, 3.63) is 72.1 Å². The van der Waals surface area contributed by atoms with Crippen molar-refractivity contribution in [1.29, 1.82) is 0 Å². The van der Waals surface area contributed by atoms with Gasteiger partial charge in [0.2, 0.25) is 0 Å². The second-order valence-corrected chi connectivity index (χ2v) is 12.0. The highest BCUT2D eigenvalue weighted by Gasteiger charge is 2.33. The molecule has 0 spiro atoms. The summed E-state index contributed by atoms with van der Waals surface area (Å²) in [6.07, 6.45) is 1.62. The Hall–Kier alpha value is -2.90. The topological polar surface area (TPSA) is 64.5 Å². The molecule has 0 amide bonds. The van der Waals surface area contributed by atoms with Crippen LogP contribution in [-0.4, -0.2) is 46.5 Å². The minimum Gasteiger partial charge on any atom is -0.459 e. The molecule has 7 heteroatoms. The van der Waals surface area contributed by atoms with Crippen LogP contribution in [0.1, 0.15) is 45.7 Å². The van der Waals surface area contributed by atoms with Crippen LogP contribution < -0.4 is 4.90 Å². The summed E-state index contributed by atoms with van der Waals surface area (Å²) in [6, 6.07) is 18.6. The quantitative estimate of drug-likeness (QED) is 0.235. The van der Waals surface area contributed by atoms with E-state index in [9.17, 15) is 4.79 Å². The van der Waals surface area contributed by atoms with Crippen LogP contribution in [0.2, 0.25) is 0 Å². The average molecular weight is 508 g/mol. The summed E-state index contributed by atoms with van der Waals surface area (Å²) >= 11 is 1.50. The number of esters is 1. The number of thioether (sulfide) groups is 1. The molecule has 1 aromatic heterocycles. The summed E-state index contributed by atoms with van der Waals surface area (Å²) in [6.45, 7) is 13.5. The number of benzene rings is 2. The van der Waals surface area contributed by atoms with Gasteiger partial charge < -0.3 is 14.4 Å². The molecule has 0 aliphatic rings. The zero-order chi connectivity index (χ0) is 26.3. The molecule has 3 rings (SSSR count). The van der Waals surface area contributed by atoms with Crippen molar-refractivity contribution in [3.63, 3.8) is 0 Å². The molecule has 36 heavy (non-hydrogen) atoms. The highest BCUT2D eigenvalue weighted by Crippen LogP contribution is 2.35. The Labute approximate surface area is 219 Å². The lowest BCUT2D eigenvalue weighted by Gasteiger charge is -2.28. The maximum Gasteiger partial charge on any atom is 0.322 e. The Morgan fingerprint density at radius 2 is 1.72 bits per heavy atom. The normalized spacial score (nSPS) is 11.9. The number of aryl methyl sites for hydroxylation is 1. The third kappa shape index (κ3) is 8.07. The van der Waals surface area contributed by atoms with Gasteiger partial charge in [-0.3, -0.25) is 4.79 Å². The van der Waals surface area contributed by atoms with Crippen molar-refractivity contribution < 1.29 is 14.3 Å². The number of anilines is 1. The van der Waals surface area contributed by atoms with Crippen LogP contribution in [0.5, 0.6) is 0 Å². The van der Waals surface area contributed by atoms with E-state index in [2.05, 4.69) is 64.3 Å². The molecule has 0 radical (unpaired) electrons. The van der Waals surface area contributed by atoms with Gasteiger partial charge >= 0.3 is 5.97 Å². The van der Waals surface area contributed by atoms with E-state index in [1.165, 1.54) is 17.3 Å². The van der Waals surface area contributed by atoms with Crippen LogP contribution in [0, 0.1) is 6.92 Å². The Morgan fingerprint density at radius 1 is 1.00 bits per heavy atom. The van der Waals surface area contributed by atoms with E-state index in [1.54, 1.807) is 13.4 Å². The van der Waals surface area contributed by atoms with Gasteiger partial charge in [0.15, 0.2) is 0 Å². The number of methoxy groups -OCH3 is 1. The van der Waals surface area contributed by atoms with Gasteiger partial charge in [0, 0.05) is 36.7 Å². The van der Waals surface area contributed by atoms with Crippen molar-refractivity contribution in [3.8, 4) is 11.3 Å². The number of nitrogens with zero attached hydrogens (tertiary/aromatic N) is 3. The van der Waals surface area contributed by atoms with Gasteiger partial charge in [-0.1, -0.05) is 35.9 Å². The van der Waals surface area contributed by atoms with E-state index >= 15 is 0 Å². The zero-order valence-corrected chi connectivity index (χ0v) is 23.2. The molecular formula is C29H37N3O3S. The number of rotatable bonds is 10. The van der Waals surface area contributed by atoms with Gasteiger partial charge in [-0.15, -0.1) is 11.8 Å². The lowest BCUT2D eigenvalue weighted by molar-refractivity contribution is -0.156. The van der Waals surface area contributed by atoms with E-state index < -0.39 is 10.3 Å². The summed E-state index contributed by atoms with van der Waals surface area (Å²) < 4.78 is 10.3. The molecule has 0 N–H and O–H groups in total. The third-order valence-electron chi connectivity index (χ3n) is 5.42. The summed E-state index contributed by atoms with van der Waals surface area (Å²) in [5.41, 5.74) is 3.78. The van der Waals surface area contributed by atoms with E-state index in [-0.39, 0.29) is 5.97 Å². The van der Waals surface area contributed by atoms with Crippen molar-refractivity contribution in [2.45, 2.75) is 63.3 Å². The Bertz CT molecular complexity index is 1160. The maximum atomic E-state index is 12.6. The molecule has 0 saturated heterocycles. The van der Waals surface area contributed by atoms with E-state index in [1.807, 2.05) is 46.8 Å². The fourth-order valence-electron chi connectivity index (χ4n) is 3.58. The van der Waals surface area contributed by atoms with Gasteiger partial charge in [0.25, 0.3) is 0 Å². The largest absolute Gasteiger partial charge is 0.459 e. The van der Waals surface area contributed by atoms with Gasteiger partial charge in [-0.25, -0.2) is 9.97 Å². The molecule has 1 heterocycles. The molecule has 0 saturated carbocycles. The standard InChI is InChI=1S/C29H37N3O3S/c1-21-9-8-10-23(17-21)25-18-26(31-20-30-25)32(15-16-34-7)19-22-11-13-24(14-12-22)36-29(5,6)27(33)35-28(2,3)4/h8-14,17-18,20H,15-16,19H2,1-7H3. The van der Waals surface area contributed by atoms with Gasteiger partial charge in [-0.2, -0.15) is 0 Å². The Morgan fingerprint density at radius 3 is 2.36 bits per heavy atom. The lowest BCUT2D eigenvalue weighted by Crippen LogP contribution is -2.36. The van der Waals surface area contributed by atoms with Crippen LogP contribution in [0.4, 0.5) is 5.82 Å². The first-order valence-electron chi connectivity index (χ1n) is 12.1. The third-order valence-corrected chi connectivity index (χ3v) is 6.60. The first-order chi connectivity index (χ1) is 17.0. The van der Waals surface area contributed by atoms with Gasteiger partial charge in [0.1, 0.15) is 22.5 Å². The molecule has 6 nitrogen and oxygen atoms in total. The second-order valence-electron chi connectivity index (χ2n) is 10.3. The second kappa shape index (κ2) is 11.9. The average Bonchev–Trinajstić information content (AvgIpc) is 2.81. The van der Waals surface area contributed by atoms with Crippen LogP contribution in [0.25, 0.3) is 11.3 Å². The van der Waals surface area contributed by atoms with Gasteiger partial charge in [0.05, 0.1) is 12.3 Å². The van der Waals surface area contributed by atoms with Crippen molar-refractivity contribution in [2.24, 2.45) is 0 Å². The Kier molecular flexibility index (Phi) is 9.14.